The third kappa shape index (κ3) is 3.49. The zero-order chi connectivity index (χ0) is 19.7. The molecule has 1 N–H and O–H groups in total. The molecule has 0 saturated carbocycles. The number of ether oxygens (including phenoxy) is 1. The lowest BCUT2D eigenvalue weighted by molar-refractivity contribution is 0.416. The summed E-state index contributed by atoms with van der Waals surface area (Å²) in [7, 11) is -2.27. The van der Waals surface area contributed by atoms with Gasteiger partial charge in [-0.05, 0) is 36.4 Å². The molecule has 142 valence electrons. The number of aromatic nitrogens is 4. The van der Waals surface area contributed by atoms with E-state index in [1.807, 2.05) is 0 Å². The molecular weight excluding hydrogens is 422 g/mol. The van der Waals surface area contributed by atoms with Crippen molar-refractivity contribution in [2.45, 2.75) is 4.90 Å². The first-order valence-corrected chi connectivity index (χ1v) is 10.6. The Bertz CT molecular complexity index is 1260. The maximum atomic E-state index is 12.6. The Labute approximate surface area is 169 Å². The third-order valence-electron chi connectivity index (χ3n) is 3.92. The molecule has 2 aromatic heterocycles. The van der Waals surface area contributed by atoms with E-state index in [9.17, 15) is 8.42 Å². The molecule has 0 aliphatic heterocycles. The Balaban J connectivity index is 1.81. The van der Waals surface area contributed by atoms with Crippen LogP contribution in [0.1, 0.15) is 0 Å². The van der Waals surface area contributed by atoms with Gasteiger partial charge in [-0.1, -0.05) is 22.9 Å². The van der Waals surface area contributed by atoms with Crippen molar-refractivity contribution in [2.24, 2.45) is 0 Å². The number of halogens is 1. The standard InChI is InChI=1S/C17H12ClN5O3S2/c1-26-15-6-10(18)2-4-13(15)16-12-5-3-11(7-14(12)19-8-20-16)28(24,25)23-17-22-21-9-27-17/h2-9H,1H3,(H,22,23). The molecule has 8 nitrogen and oxygen atoms in total. The van der Waals surface area contributed by atoms with Crippen LogP contribution in [0.15, 0.2) is 53.1 Å². The van der Waals surface area contributed by atoms with Crippen molar-refractivity contribution in [1.82, 2.24) is 20.2 Å². The van der Waals surface area contributed by atoms with Crippen LogP contribution in [-0.2, 0) is 10.0 Å². The van der Waals surface area contributed by atoms with Crippen LogP contribution in [0.4, 0.5) is 5.13 Å². The molecule has 0 aliphatic carbocycles. The minimum atomic E-state index is -3.82. The Kier molecular flexibility index (Phi) is 4.84. The van der Waals surface area contributed by atoms with Crippen molar-refractivity contribution in [3.63, 3.8) is 0 Å². The average molecular weight is 434 g/mol. The van der Waals surface area contributed by atoms with Crippen molar-refractivity contribution >= 4 is 49.0 Å². The zero-order valence-electron chi connectivity index (χ0n) is 14.3. The number of nitrogens with zero attached hydrogens (tertiary/aromatic N) is 4. The molecule has 0 bridgehead atoms. The molecule has 4 rings (SSSR count). The smallest absolute Gasteiger partial charge is 0.263 e. The molecule has 0 saturated heterocycles. The molecular formula is C17H12ClN5O3S2. The van der Waals surface area contributed by atoms with Crippen molar-refractivity contribution in [3.05, 3.63) is 53.3 Å². The van der Waals surface area contributed by atoms with E-state index in [2.05, 4.69) is 24.9 Å². The highest BCUT2D eigenvalue weighted by Gasteiger charge is 2.18. The van der Waals surface area contributed by atoms with Gasteiger partial charge in [-0.2, -0.15) is 0 Å². The first-order chi connectivity index (χ1) is 13.5. The molecule has 0 radical (unpaired) electrons. The fourth-order valence-electron chi connectivity index (χ4n) is 2.67. The summed E-state index contributed by atoms with van der Waals surface area (Å²) < 4.78 is 33.0. The summed E-state index contributed by atoms with van der Waals surface area (Å²) in [5, 5.41) is 8.72. The van der Waals surface area contributed by atoms with Gasteiger partial charge >= 0.3 is 0 Å². The van der Waals surface area contributed by atoms with Crippen LogP contribution >= 0.6 is 22.9 Å². The van der Waals surface area contributed by atoms with Crippen molar-refractivity contribution in [1.29, 1.82) is 0 Å². The van der Waals surface area contributed by atoms with E-state index >= 15 is 0 Å². The summed E-state index contributed by atoms with van der Waals surface area (Å²) in [6, 6.07) is 9.85. The van der Waals surface area contributed by atoms with E-state index in [1.165, 1.54) is 24.0 Å². The third-order valence-corrected chi connectivity index (χ3v) is 6.23. The Morgan fingerprint density at radius 1 is 1.14 bits per heavy atom. The van der Waals surface area contributed by atoms with Crippen LogP contribution in [0.25, 0.3) is 22.2 Å². The van der Waals surface area contributed by atoms with Gasteiger partial charge in [0.15, 0.2) is 0 Å². The molecule has 0 unspecified atom stereocenters. The molecule has 0 aliphatic rings. The lowest BCUT2D eigenvalue weighted by atomic mass is 10.1. The number of rotatable bonds is 5. The molecule has 2 heterocycles. The lowest BCUT2D eigenvalue weighted by Gasteiger charge is -2.11. The summed E-state index contributed by atoms with van der Waals surface area (Å²) >= 11 is 7.13. The summed E-state index contributed by atoms with van der Waals surface area (Å²) in [6.45, 7) is 0. The number of benzene rings is 2. The monoisotopic (exact) mass is 433 g/mol. The van der Waals surface area contributed by atoms with Crippen LogP contribution < -0.4 is 9.46 Å². The summed E-state index contributed by atoms with van der Waals surface area (Å²) in [4.78, 5) is 8.63. The Hall–Kier alpha value is -2.82. The lowest BCUT2D eigenvalue weighted by Crippen LogP contribution is -2.12. The number of hydrogen-bond donors (Lipinski definition) is 1. The normalized spacial score (nSPS) is 11.5. The Morgan fingerprint density at radius 3 is 2.75 bits per heavy atom. The predicted octanol–water partition coefficient (Wildman–Crippen LogP) is 3.61. The molecule has 28 heavy (non-hydrogen) atoms. The highest BCUT2D eigenvalue weighted by atomic mass is 35.5. The van der Waals surface area contributed by atoms with Crippen molar-refractivity contribution < 1.29 is 13.2 Å². The highest BCUT2D eigenvalue weighted by molar-refractivity contribution is 7.93. The van der Waals surface area contributed by atoms with Gasteiger partial charge in [0.05, 0.1) is 23.2 Å². The number of nitrogens with one attached hydrogen (secondary N) is 1. The van der Waals surface area contributed by atoms with E-state index in [0.29, 0.717) is 27.4 Å². The van der Waals surface area contributed by atoms with Gasteiger partial charge < -0.3 is 4.74 Å². The quantitative estimate of drug-likeness (QED) is 0.512. The van der Waals surface area contributed by atoms with Gasteiger partial charge in [-0.25, -0.2) is 18.4 Å². The topological polar surface area (TPSA) is 107 Å². The highest BCUT2D eigenvalue weighted by Crippen LogP contribution is 2.35. The number of anilines is 1. The van der Waals surface area contributed by atoms with Gasteiger partial charge in [0.1, 0.15) is 17.6 Å². The van der Waals surface area contributed by atoms with Gasteiger partial charge in [0.2, 0.25) is 5.13 Å². The second kappa shape index (κ2) is 7.30. The van der Waals surface area contributed by atoms with Crippen molar-refractivity contribution in [3.8, 4) is 17.0 Å². The van der Waals surface area contributed by atoms with Crippen molar-refractivity contribution in [2.75, 3.05) is 11.8 Å². The van der Waals surface area contributed by atoms with E-state index in [0.717, 1.165) is 16.9 Å². The summed E-state index contributed by atoms with van der Waals surface area (Å²) in [6.07, 6.45) is 1.38. The molecule has 11 heteroatoms. The Morgan fingerprint density at radius 2 is 2.00 bits per heavy atom. The van der Waals surface area contributed by atoms with E-state index in [1.54, 1.807) is 31.4 Å². The second-order valence-electron chi connectivity index (χ2n) is 5.60. The van der Waals surface area contributed by atoms with E-state index < -0.39 is 10.0 Å². The number of sulfonamides is 1. The van der Waals surface area contributed by atoms with Gasteiger partial charge in [-0.15, -0.1) is 10.2 Å². The maximum absolute atomic E-state index is 12.6. The first-order valence-electron chi connectivity index (χ1n) is 7.85. The van der Waals surface area contributed by atoms with Gasteiger partial charge in [0.25, 0.3) is 10.0 Å². The SMILES string of the molecule is COc1cc(Cl)ccc1-c1ncnc2cc(S(=O)(=O)Nc3nncs3)ccc12. The molecule has 0 amide bonds. The van der Waals surface area contributed by atoms with Gasteiger partial charge in [-0.3, -0.25) is 4.72 Å². The van der Waals surface area contributed by atoms with Crippen LogP contribution in [-0.4, -0.2) is 35.7 Å². The van der Waals surface area contributed by atoms with Crippen LogP contribution in [0, 0.1) is 0 Å². The van der Waals surface area contributed by atoms with E-state index in [-0.39, 0.29) is 10.0 Å². The predicted molar refractivity (Wildman–Crippen MR) is 107 cm³/mol. The maximum Gasteiger partial charge on any atom is 0.263 e. The largest absolute Gasteiger partial charge is 0.496 e. The number of fused-ring (bicyclic) bond motifs is 1. The van der Waals surface area contributed by atoms with Crippen LogP contribution in [0.5, 0.6) is 5.75 Å². The van der Waals surface area contributed by atoms with Gasteiger partial charge in [0, 0.05) is 16.0 Å². The first kappa shape index (κ1) is 18.5. The van der Waals surface area contributed by atoms with Crippen LogP contribution in [0.3, 0.4) is 0 Å². The molecule has 0 spiro atoms. The second-order valence-corrected chi connectivity index (χ2v) is 8.55. The van der Waals surface area contributed by atoms with E-state index in [4.69, 9.17) is 16.3 Å². The fraction of sp³-hybridized carbons (Fsp3) is 0.0588. The zero-order valence-corrected chi connectivity index (χ0v) is 16.7. The number of methoxy groups -OCH3 is 1. The molecule has 0 atom stereocenters. The molecule has 4 aromatic rings. The van der Waals surface area contributed by atoms with Crippen LogP contribution in [0.2, 0.25) is 5.02 Å². The number of hydrogen-bond acceptors (Lipinski definition) is 8. The summed E-state index contributed by atoms with van der Waals surface area (Å²) in [5.74, 6) is 0.558. The minimum absolute atomic E-state index is 0.0583. The summed E-state index contributed by atoms with van der Waals surface area (Å²) in [5.41, 5.74) is 3.25. The average Bonchev–Trinajstić information content (AvgIpc) is 3.19. The fourth-order valence-corrected chi connectivity index (χ4v) is 4.55. The molecule has 2 aromatic carbocycles. The molecule has 0 fully saturated rings. The minimum Gasteiger partial charge on any atom is -0.496 e.